The number of ether oxygens (including phenoxy) is 1. The third-order valence-corrected chi connectivity index (χ3v) is 5.74. The molecule has 0 unspecified atom stereocenters. The Morgan fingerprint density at radius 3 is 2.30 bits per heavy atom. The predicted octanol–water partition coefficient (Wildman–Crippen LogP) is 6.18. The Labute approximate surface area is 174 Å². The maximum absolute atomic E-state index is 12.6. The number of amides is 1. The van der Waals surface area contributed by atoms with Crippen molar-refractivity contribution in [2.24, 2.45) is 0 Å². The second-order valence-electron chi connectivity index (χ2n) is 5.70. The topological polar surface area (TPSA) is 55.4 Å². The summed E-state index contributed by atoms with van der Waals surface area (Å²) in [6.45, 7) is 1.91. The van der Waals surface area contributed by atoms with Gasteiger partial charge in [-0.15, -0.1) is 11.3 Å². The van der Waals surface area contributed by atoms with Crippen LogP contribution in [0, 0.1) is 6.92 Å². The molecule has 0 bridgehead atoms. The van der Waals surface area contributed by atoms with Crippen molar-refractivity contribution >= 4 is 55.7 Å². The van der Waals surface area contributed by atoms with Crippen LogP contribution in [0.5, 0.6) is 0 Å². The summed E-state index contributed by atoms with van der Waals surface area (Å²) in [5, 5.41) is 3.83. The molecule has 1 amide bonds. The fourth-order valence-electron chi connectivity index (χ4n) is 2.67. The average Bonchev–Trinajstić information content (AvgIpc) is 2.98. The summed E-state index contributed by atoms with van der Waals surface area (Å²) in [4.78, 5) is 26.0. The van der Waals surface area contributed by atoms with Gasteiger partial charge in [0.15, 0.2) is 0 Å². The van der Waals surface area contributed by atoms with Crippen LogP contribution in [0.4, 0.5) is 5.00 Å². The zero-order chi connectivity index (χ0) is 19.6. The molecule has 0 aliphatic carbocycles. The first-order valence-electron chi connectivity index (χ1n) is 7.95. The Hall–Kier alpha value is -2.15. The first-order valence-corrected chi connectivity index (χ1v) is 9.94. The van der Waals surface area contributed by atoms with Crippen molar-refractivity contribution in [1.29, 1.82) is 0 Å². The lowest BCUT2D eigenvalue weighted by Crippen LogP contribution is -2.14. The molecule has 0 spiro atoms. The zero-order valence-electron chi connectivity index (χ0n) is 14.5. The van der Waals surface area contributed by atoms with Gasteiger partial charge < -0.3 is 10.1 Å². The van der Waals surface area contributed by atoms with Crippen molar-refractivity contribution in [2.45, 2.75) is 6.92 Å². The molecule has 1 heterocycles. The van der Waals surface area contributed by atoms with Crippen LogP contribution in [0.25, 0.3) is 11.1 Å². The SMILES string of the molecule is COC(=O)c1c(NC(=O)c2ccc(Cl)cc2)sc(C)c1-c1ccc(Br)cc1. The Balaban J connectivity index is 2.04. The Bertz CT molecular complexity index is 997. The van der Waals surface area contributed by atoms with Crippen molar-refractivity contribution in [3.63, 3.8) is 0 Å². The van der Waals surface area contributed by atoms with Crippen LogP contribution in [0.2, 0.25) is 5.02 Å². The first kappa shape index (κ1) is 19.6. The molecule has 0 saturated heterocycles. The maximum Gasteiger partial charge on any atom is 0.341 e. The van der Waals surface area contributed by atoms with Crippen LogP contribution >= 0.6 is 38.9 Å². The molecule has 0 atom stereocenters. The summed E-state index contributed by atoms with van der Waals surface area (Å²) in [5.74, 6) is -0.816. The molecule has 2 aromatic carbocycles. The normalized spacial score (nSPS) is 10.5. The number of carbonyl (C=O) groups excluding carboxylic acids is 2. The van der Waals surface area contributed by atoms with Crippen LogP contribution in [0.1, 0.15) is 25.6 Å². The Morgan fingerprint density at radius 1 is 1.07 bits per heavy atom. The Kier molecular flexibility index (Phi) is 5.99. The van der Waals surface area contributed by atoms with Gasteiger partial charge in [-0.2, -0.15) is 0 Å². The van der Waals surface area contributed by atoms with Crippen LogP contribution < -0.4 is 5.32 Å². The molecule has 27 heavy (non-hydrogen) atoms. The lowest BCUT2D eigenvalue weighted by Gasteiger charge is -2.08. The molecule has 3 aromatic rings. The molecule has 0 radical (unpaired) electrons. The number of rotatable bonds is 4. The quantitative estimate of drug-likeness (QED) is 0.469. The van der Waals surface area contributed by atoms with Gasteiger partial charge in [0.1, 0.15) is 10.6 Å². The van der Waals surface area contributed by atoms with E-state index < -0.39 is 5.97 Å². The number of benzene rings is 2. The van der Waals surface area contributed by atoms with Gasteiger partial charge in [-0.05, 0) is 48.9 Å². The fraction of sp³-hybridized carbons (Fsp3) is 0.100. The monoisotopic (exact) mass is 463 g/mol. The van der Waals surface area contributed by atoms with E-state index >= 15 is 0 Å². The van der Waals surface area contributed by atoms with Gasteiger partial charge in [-0.3, -0.25) is 4.79 Å². The third kappa shape index (κ3) is 4.24. The van der Waals surface area contributed by atoms with E-state index in [1.165, 1.54) is 18.4 Å². The lowest BCUT2D eigenvalue weighted by molar-refractivity contribution is 0.0603. The smallest absolute Gasteiger partial charge is 0.341 e. The lowest BCUT2D eigenvalue weighted by atomic mass is 10.0. The molecule has 0 aliphatic rings. The van der Waals surface area contributed by atoms with E-state index in [0.29, 0.717) is 21.2 Å². The molecule has 138 valence electrons. The number of hydrogen-bond acceptors (Lipinski definition) is 4. The molecule has 7 heteroatoms. The van der Waals surface area contributed by atoms with E-state index in [0.717, 1.165) is 20.5 Å². The molecular formula is C20H15BrClNO3S. The molecule has 0 aliphatic heterocycles. The second kappa shape index (κ2) is 8.25. The van der Waals surface area contributed by atoms with Crippen LogP contribution in [-0.4, -0.2) is 19.0 Å². The summed E-state index contributed by atoms with van der Waals surface area (Å²) >= 11 is 10.6. The van der Waals surface area contributed by atoms with Gasteiger partial charge in [-0.25, -0.2) is 4.79 Å². The van der Waals surface area contributed by atoms with Crippen molar-refractivity contribution in [2.75, 3.05) is 12.4 Å². The highest BCUT2D eigenvalue weighted by Gasteiger charge is 2.25. The molecule has 4 nitrogen and oxygen atoms in total. The number of halogens is 2. The number of esters is 1. The van der Waals surface area contributed by atoms with Crippen LogP contribution in [0.3, 0.4) is 0 Å². The average molecular weight is 465 g/mol. The van der Waals surface area contributed by atoms with Crippen molar-refractivity contribution < 1.29 is 14.3 Å². The molecule has 0 saturated carbocycles. The summed E-state index contributed by atoms with van der Waals surface area (Å²) in [5.41, 5.74) is 2.43. The van der Waals surface area contributed by atoms with Crippen molar-refractivity contribution in [3.05, 3.63) is 74.0 Å². The summed E-state index contributed by atoms with van der Waals surface area (Å²) < 4.78 is 5.91. The van der Waals surface area contributed by atoms with Gasteiger partial charge in [-0.1, -0.05) is 39.7 Å². The standard InChI is InChI=1S/C20H15BrClNO3S/c1-11-16(12-3-7-14(21)8-4-12)17(20(25)26-2)19(27-11)23-18(24)13-5-9-15(22)10-6-13/h3-10H,1-2H3,(H,23,24). The van der Waals surface area contributed by atoms with E-state index in [9.17, 15) is 9.59 Å². The number of anilines is 1. The summed E-state index contributed by atoms with van der Waals surface area (Å²) in [6.07, 6.45) is 0. The highest BCUT2D eigenvalue weighted by Crippen LogP contribution is 2.40. The van der Waals surface area contributed by atoms with E-state index in [2.05, 4.69) is 21.2 Å². The maximum atomic E-state index is 12.6. The fourth-order valence-corrected chi connectivity index (χ4v) is 4.12. The highest BCUT2D eigenvalue weighted by atomic mass is 79.9. The molecule has 1 N–H and O–H groups in total. The van der Waals surface area contributed by atoms with E-state index in [1.807, 2.05) is 31.2 Å². The summed E-state index contributed by atoms with van der Waals surface area (Å²) in [6, 6.07) is 14.2. The number of carbonyl (C=O) groups is 2. The number of thiophene rings is 1. The van der Waals surface area contributed by atoms with Gasteiger partial charge in [0, 0.05) is 25.5 Å². The number of aryl methyl sites for hydroxylation is 1. The second-order valence-corrected chi connectivity index (χ2v) is 8.27. The highest BCUT2D eigenvalue weighted by molar-refractivity contribution is 9.10. The minimum atomic E-state index is -0.497. The zero-order valence-corrected chi connectivity index (χ0v) is 17.7. The molecule has 0 fully saturated rings. The molecular weight excluding hydrogens is 450 g/mol. The number of nitrogens with one attached hydrogen (secondary N) is 1. The largest absolute Gasteiger partial charge is 0.465 e. The van der Waals surface area contributed by atoms with Crippen molar-refractivity contribution in [1.82, 2.24) is 0 Å². The van der Waals surface area contributed by atoms with E-state index in [-0.39, 0.29) is 5.91 Å². The third-order valence-electron chi connectivity index (χ3n) is 3.94. The predicted molar refractivity (Wildman–Crippen MR) is 113 cm³/mol. The van der Waals surface area contributed by atoms with Crippen LogP contribution in [-0.2, 0) is 4.74 Å². The Morgan fingerprint density at radius 2 is 1.70 bits per heavy atom. The number of methoxy groups -OCH3 is 1. The minimum absolute atomic E-state index is 0.319. The van der Waals surface area contributed by atoms with Crippen molar-refractivity contribution in [3.8, 4) is 11.1 Å². The van der Waals surface area contributed by atoms with Gasteiger partial charge in [0.05, 0.1) is 7.11 Å². The molecule has 3 rings (SSSR count). The summed E-state index contributed by atoms with van der Waals surface area (Å²) in [7, 11) is 1.32. The van der Waals surface area contributed by atoms with E-state index in [4.69, 9.17) is 16.3 Å². The first-order chi connectivity index (χ1) is 12.9. The van der Waals surface area contributed by atoms with Gasteiger partial charge >= 0.3 is 5.97 Å². The van der Waals surface area contributed by atoms with Crippen LogP contribution in [0.15, 0.2) is 53.0 Å². The molecule has 1 aromatic heterocycles. The minimum Gasteiger partial charge on any atom is -0.465 e. The number of hydrogen-bond donors (Lipinski definition) is 1. The van der Waals surface area contributed by atoms with E-state index in [1.54, 1.807) is 24.3 Å². The van der Waals surface area contributed by atoms with Gasteiger partial charge in [0.2, 0.25) is 0 Å². The van der Waals surface area contributed by atoms with Gasteiger partial charge in [0.25, 0.3) is 5.91 Å².